The Hall–Kier alpha value is -1.04. The number of benzene rings is 1. The molecular weight excluding hydrogens is 292 g/mol. The van der Waals surface area contributed by atoms with E-state index in [4.69, 9.17) is 17.3 Å². The van der Waals surface area contributed by atoms with Crippen molar-refractivity contribution in [2.75, 3.05) is 0 Å². The van der Waals surface area contributed by atoms with Gasteiger partial charge < -0.3 is 10.3 Å². The number of nitrogens with zero attached hydrogens (tertiary/aromatic N) is 3. The van der Waals surface area contributed by atoms with Crippen molar-refractivity contribution in [1.82, 2.24) is 14.8 Å². The molecule has 6 heteroatoms. The quantitative estimate of drug-likeness (QED) is 0.921. The zero-order chi connectivity index (χ0) is 14.7. The fraction of sp³-hybridized carbons (Fsp3) is 0.429. The molecule has 4 nitrogen and oxygen atoms in total. The van der Waals surface area contributed by atoms with Crippen molar-refractivity contribution in [3.8, 4) is 0 Å². The van der Waals surface area contributed by atoms with Gasteiger partial charge in [-0.2, -0.15) is 0 Å². The third-order valence-corrected chi connectivity index (χ3v) is 4.67. The normalized spacial score (nSPS) is 12.7. The van der Waals surface area contributed by atoms with Crippen LogP contribution in [0.25, 0.3) is 0 Å². The van der Waals surface area contributed by atoms with Gasteiger partial charge in [0.2, 0.25) is 0 Å². The van der Waals surface area contributed by atoms with Crippen molar-refractivity contribution >= 4 is 23.4 Å². The number of halogens is 1. The highest BCUT2D eigenvalue weighted by Crippen LogP contribution is 2.31. The molecule has 0 radical (unpaired) electrons. The molecule has 20 heavy (non-hydrogen) atoms. The zero-order valence-electron chi connectivity index (χ0n) is 11.9. The van der Waals surface area contributed by atoms with E-state index in [-0.39, 0.29) is 6.04 Å². The Bertz CT molecular complexity index is 597. The second-order valence-electron chi connectivity index (χ2n) is 4.82. The number of hydrogen-bond donors (Lipinski definition) is 1. The molecule has 1 unspecified atom stereocenters. The molecular formula is C14H19ClN4S. The summed E-state index contributed by atoms with van der Waals surface area (Å²) in [5.74, 6) is 0.897. The van der Waals surface area contributed by atoms with Crippen molar-refractivity contribution < 1.29 is 0 Å². The third-order valence-electron chi connectivity index (χ3n) is 3.28. The summed E-state index contributed by atoms with van der Waals surface area (Å²) in [5, 5.41) is 9.87. The first-order valence-electron chi connectivity index (χ1n) is 6.59. The standard InChI is InChI=1S/C14H19ClN4S/c1-4-12(16)8-10-7-11(15)5-6-13(10)20-14-18-17-9(2)19(14)3/h5-7,12H,4,8,16H2,1-3H3. The van der Waals surface area contributed by atoms with Crippen LogP contribution < -0.4 is 5.73 Å². The van der Waals surface area contributed by atoms with Gasteiger partial charge in [-0.3, -0.25) is 0 Å². The highest BCUT2D eigenvalue weighted by Gasteiger charge is 2.12. The minimum Gasteiger partial charge on any atom is -0.327 e. The molecule has 2 rings (SSSR count). The summed E-state index contributed by atoms with van der Waals surface area (Å²) in [7, 11) is 1.96. The van der Waals surface area contributed by atoms with Crippen LogP contribution in [-0.2, 0) is 13.5 Å². The average molecular weight is 311 g/mol. The molecule has 0 aliphatic carbocycles. The predicted octanol–water partition coefficient (Wildman–Crippen LogP) is 3.21. The molecule has 0 bridgehead atoms. The highest BCUT2D eigenvalue weighted by atomic mass is 35.5. The maximum Gasteiger partial charge on any atom is 0.195 e. The Balaban J connectivity index is 2.28. The minimum absolute atomic E-state index is 0.147. The predicted molar refractivity (Wildman–Crippen MR) is 83.3 cm³/mol. The summed E-state index contributed by atoms with van der Waals surface area (Å²) < 4.78 is 1.98. The van der Waals surface area contributed by atoms with Gasteiger partial charge in [0.15, 0.2) is 5.16 Å². The molecule has 0 aliphatic heterocycles. The summed E-state index contributed by atoms with van der Waals surface area (Å²) in [6.07, 6.45) is 1.76. The van der Waals surface area contributed by atoms with Crippen LogP contribution >= 0.6 is 23.4 Å². The zero-order valence-corrected chi connectivity index (χ0v) is 13.5. The van der Waals surface area contributed by atoms with Gasteiger partial charge in [0.1, 0.15) is 5.82 Å². The van der Waals surface area contributed by atoms with E-state index in [0.29, 0.717) is 0 Å². The van der Waals surface area contributed by atoms with Crippen molar-refractivity contribution in [1.29, 1.82) is 0 Å². The van der Waals surface area contributed by atoms with E-state index < -0.39 is 0 Å². The van der Waals surface area contributed by atoms with E-state index in [2.05, 4.69) is 17.1 Å². The van der Waals surface area contributed by atoms with Gasteiger partial charge in [-0.15, -0.1) is 10.2 Å². The number of nitrogens with two attached hydrogens (primary N) is 1. The molecule has 0 spiro atoms. The largest absolute Gasteiger partial charge is 0.327 e. The Morgan fingerprint density at radius 1 is 1.40 bits per heavy atom. The van der Waals surface area contributed by atoms with E-state index in [1.54, 1.807) is 11.8 Å². The van der Waals surface area contributed by atoms with E-state index in [1.807, 2.05) is 36.7 Å². The van der Waals surface area contributed by atoms with Gasteiger partial charge in [0, 0.05) is 23.0 Å². The Kier molecular flexibility index (Phi) is 5.07. The molecule has 1 aromatic carbocycles. The van der Waals surface area contributed by atoms with Crippen LogP contribution in [0.2, 0.25) is 5.02 Å². The Morgan fingerprint density at radius 2 is 2.15 bits per heavy atom. The van der Waals surface area contributed by atoms with Crippen LogP contribution in [0.1, 0.15) is 24.7 Å². The smallest absolute Gasteiger partial charge is 0.195 e. The molecule has 1 aromatic heterocycles. The van der Waals surface area contributed by atoms with Crippen molar-refractivity contribution in [3.05, 3.63) is 34.6 Å². The lowest BCUT2D eigenvalue weighted by Gasteiger charge is -2.13. The number of aromatic nitrogens is 3. The maximum atomic E-state index is 6.10. The molecule has 108 valence electrons. The Morgan fingerprint density at radius 3 is 2.75 bits per heavy atom. The monoisotopic (exact) mass is 310 g/mol. The second-order valence-corrected chi connectivity index (χ2v) is 6.26. The maximum absolute atomic E-state index is 6.10. The SMILES string of the molecule is CCC(N)Cc1cc(Cl)ccc1Sc1nnc(C)n1C. The molecule has 0 saturated carbocycles. The molecule has 1 atom stereocenters. The molecule has 1 heterocycles. The van der Waals surface area contributed by atoms with E-state index in [0.717, 1.165) is 39.3 Å². The highest BCUT2D eigenvalue weighted by molar-refractivity contribution is 7.99. The van der Waals surface area contributed by atoms with Crippen LogP contribution in [0.3, 0.4) is 0 Å². The minimum atomic E-state index is 0.147. The first kappa shape index (κ1) is 15.4. The van der Waals surface area contributed by atoms with Crippen molar-refractivity contribution in [3.63, 3.8) is 0 Å². The van der Waals surface area contributed by atoms with Crippen LogP contribution in [0.5, 0.6) is 0 Å². The molecule has 0 fully saturated rings. The summed E-state index contributed by atoms with van der Waals surface area (Å²) in [6.45, 7) is 4.03. The van der Waals surface area contributed by atoms with Gasteiger partial charge in [0.25, 0.3) is 0 Å². The van der Waals surface area contributed by atoms with Gasteiger partial charge in [-0.1, -0.05) is 18.5 Å². The van der Waals surface area contributed by atoms with E-state index in [9.17, 15) is 0 Å². The van der Waals surface area contributed by atoms with E-state index in [1.165, 1.54) is 0 Å². The third kappa shape index (κ3) is 3.53. The molecule has 0 aliphatic rings. The first-order valence-corrected chi connectivity index (χ1v) is 7.78. The van der Waals surface area contributed by atoms with Gasteiger partial charge >= 0.3 is 0 Å². The number of aryl methyl sites for hydroxylation is 1. The second kappa shape index (κ2) is 6.61. The van der Waals surface area contributed by atoms with Gasteiger partial charge in [-0.25, -0.2) is 0 Å². The molecule has 0 amide bonds. The summed E-state index contributed by atoms with van der Waals surface area (Å²) in [5.41, 5.74) is 7.23. The van der Waals surface area contributed by atoms with Crippen LogP contribution in [-0.4, -0.2) is 20.8 Å². The Labute approximate surface area is 128 Å². The molecule has 0 saturated heterocycles. The molecule has 2 aromatic rings. The van der Waals surface area contributed by atoms with Gasteiger partial charge in [-0.05, 0) is 55.3 Å². The van der Waals surface area contributed by atoms with Crippen LogP contribution in [0.15, 0.2) is 28.3 Å². The number of rotatable bonds is 5. The lowest BCUT2D eigenvalue weighted by Crippen LogP contribution is -2.21. The fourth-order valence-electron chi connectivity index (χ4n) is 1.81. The lowest BCUT2D eigenvalue weighted by molar-refractivity contribution is 0.641. The first-order chi connectivity index (χ1) is 9.51. The summed E-state index contributed by atoms with van der Waals surface area (Å²) >= 11 is 7.70. The molecule has 2 N–H and O–H groups in total. The van der Waals surface area contributed by atoms with Crippen LogP contribution in [0.4, 0.5) is 0 Å². The lowest BCUT2D eigenvalue weighted by atomic mass is 10.0. The average Bonchev–Trinajstić information content (AvgIpc) is 2.73. The van der Waals surface area contributed by atoms with Crippen molar-refractivity contribution in [2.24, 2.45) is 12.8 Å². The fourth-order valence-corrected chi connectivity index (χ4v) is 2.96. The van der Waals surface area contributed by atoms with Crippen molar-refractivity contribution in [2.45, 2.75) is 42.8 Å². The summed E-state index contributed by atoms with van der Waals surface area (Å²) in [4.78, 5) is 1.13. The summed E-state index contributed by atoms with van der Waals surface area (Å²) in [6, 6.07) is 6.06. The van der Waals surface area contributed by atoms with Gasteiger partial charge in [0.05, 0.1) is 0 Å². The van der Waals surface area contributed by atoms with E-state index >= 15 is 0 Å². The topological polar surface area (TPSA) is 56.7 Å². The van der Waals surface area contributed by atoms with Crippen LogP contribution in [0, 0.1) is 6.92 Å². The number of hydrogen-bond acceptors (Lipinski definition) is 4.